The Kier molecular flexibility index (Phi) is 7.87. The third kappa shape index (κ3) is 6.35. The topological polar surface area (TPSA) is 91.2 Å². The summed E-state index contributed by atoms with van der Waals surface area (Å²) in [5, 5.41) is 15.6. The van der Waals surface area contributed by atoms with Gasteiger partial charge < -0.3 is 15.4 Å². The van der Waals surface area contributed by atoms with Gasteiger partial charge in [-0.25, -0.2) is 0 Å². The van der Waals surface area contributed by atoms with Gasteiger partial charge in [-0.1, -0.05) is 59.6 Å². The standard InChI is InChI=1S/C24H17Cl2N3O3/c25-18-7-5-8-19(13-18)28-24(31)17(14-27)12-16-6-1-4-11-22(16)32-15-23(30)29-21-10-3-2-9-20(21)26/h1-13H,15H2,(H,28,31)(H,29,30)/b17-12-. The van der Waals surface area contributed by atoms with E-state index in [0.29, 0.717) is 32.7 Å². The van der Waals surface area contributed by atoms with Crippen LogP contribution in [-0.2, 0) is 9.59 Å². The van der Waals surface area contributed by atoms with Crippen LogP contribution in [0.25, 0.3) is 6.08 Å². The minimum Gasteiger partial charge on any atom is -0.483 e. The van der Waals surface area contributed by atoms with Crippen molar-refractivity contribution in [2.75, 3.05) is 17.2 Å². The number of amides is 2. The Hall–Kier alpha value is -3.79. The highest BCUT2D eigenvalue weighted by molar-refractivity contribution is 6.33. The third-order valence-corrected chi connectivity index (χ3v) is 4.74. The second kappa shape index (κ2) is 11.0. The van der Waals surface area contributed by atoms with Crippen molar-refractivity contribution in [2.45, 2.75) is 0 Å². The molecule has 0 unspecified atom stereocenters. The van der Waals surface area contributed by atoms with Gasteiger partial charge in [-0.05, 0) is 42.5 Å². The summed E-state index contributed by atoms with van der Waals surface area (Å²) in [6, 6.07) is 22.1. The van der Waals surface area contributed by atoms with Gasteiger partial charge >= 0.3 is 0 Å². The van der Waals surface area contributed by atoms with Crippen LogP contribution in [0, 0.1) is 11.3 Å². The van der Waals surface area contributed by atoms with Crippen LogP contribution in [0.2, 0.25) is 10.0 Å². The molecule has 32 heavy (non-hydrogen) atoms. The zero-order valence-electron chi connectivity index (χ0n) is 16.6. The van der Waals surface area contributed by atoms with Crippen molar-refractivity contribution in [1.82, 2.24) is 0 Å². The lowest BCUT2D eigenvalue weighted by atomic mass is 10.1. The number of rotatable bonds is 7. The van der Waals surface area contributed by atoms with E-state index in [4.69, 9.17) is 27.9 Å². The molecular weight excluding hydrogens is 449 g/mol. The molecular formula is C24H17Cl2N3O3. The van der Waals surface area contributed by atoms with Crippen LogP contribution < -0.4 is 15.4 Å². The first-order valence-electron chi connectivity index (χ1n) is 9.41. The van der Waals surface area contributed by atoms with Gasteiger partial charge in [-0.15, -0.1) is 0 Å². The molecule has 0 fully saturated rings. The highest BCUT2D eigenvalue weighted by Gasteiger charge is 2.13. The van der Waals surface area contributed by atoms with Crippen molar-refractivity contribution >= 4 is 52.5 Å². The van der Waals surface area contributed by atoms with Crippen molar-refractivity contribution in [3.05, 3.63) is 94.0 Å². The Bertz CT molecular complexity index is 1220. The highest BCUT2D eigenvalue weighted by atomic mass is 35.5. The normalized spacial score (nSPS) is 10.7. The number of hydrogen-bond donors (Lipinski definition) is 2. The molecule has 3 aromatic rings. The van der Waals surface area contributed by atoms with Crippen LogP contribution in [0.4, 0.5) is 11.4 Å². The van der Waals surface area contributed by atoms with Crippen LogP contribution in [0.5, 0.6) is 5.75 Å². The van der Waals surface area contributed by atoms with Crippen molar-refractivity contribution < 1.29 is 14.3 Å². The maximum Gasteiger partial charge on any atom is 0.266 e. The van der Waals surface area contributed by atoms with E-state index in [9.17, 15) is 14.9 Å². The number of anilines is 2. The van der Waals surface area contributed by atoms with Gasteiger partial charge in [-0.2, -0.15) is 5.26 Å². The summed E-state index contributed by atoms with van der Waals surface area (Å²) in [6.45, 7) is -0.285. The van der Waals surface area contributed by atoms with Crippen molar-refractivity contribution in [3.63, 3.8) is 0 Å². The minimum absolute atomic E-state index is 0.137. The van der Waals surface area contributed by atoms with E-state index in [1.807, 2.05) is 6.07 Å². The van der Waals surface area contributed by atoms with E-state index < -0.39 is 11.8 Å². The van der Waals surface area contributed by atoms with E-state index in [2.05, 4.69) is 10.6 Å². The average molecular weight is 466 g/mol. The molecule has 0 heterocycles. The fourth-order valence-corrected chi connectivity index (χ4v) is 3.07. The molecule has 0 spiro atoms. The molecule has 0 bridgehead atoms. The van der Waals surface area contributed by atoms with E-state index in [0.717, 1.165) is 0 Å². The van der Waals surface area contributed by atoms with Crippen LogP contribution >= 0.6 is 23.2 Å². The number of nitrogens with one attached hydrogen (secondary N) is 2. The minimum atomic E-state index is -0.596. The number of nitrogens with zero attached hydrogens (tertiary/aromatic N) is 1. The number of benzene rings is 3. The van der Waals surface area contributed by atoms with Crippen LogP contribution in [0.15, 0.2) is 78.4 Å². The number of ether oxygens (including phenoxy) is 1. The number of nitriles is 1. The first-order chi connectivity index (χ1) is 15.5. The zero-order chi connectivity index (χ0) is 22.9. The molecule has 8 heteroatoms. The van der Waals surface area contributed by atoms with Crippen LogP contribution in [-0.4, -0.2) is 18.4 Å². The van der Waals surface area contributed by atoms with Crippen LogP contribution in [0.1, 0.15) is 5.56 Å². The molecule has 3 aromatic carbocycles. The molecule has 0 atom stereocenters. The summed E-state index contributed by atoms with van der Waals surface area (Å²) < 4.78 is 5.61. The summed E-state index contributed by atoms with van der Waals surface area (Å²) in [7, 11) is 0. The molecule has 0 aliphatic carbocycles. The average Bonchev–Trinajstić information content (AvgIpc) is 2.78. The molecule has 3 rings (SSSR count). The first kappa shape index (κ1) is 22.9. The predicted octanol–water partition coefficient (Wildman–Crippen LogP) is 5.56. The SMILES string of the molecule is N#C/C(=C/c1ccccc1OCC(=O)Nc1ccccc1Cl)C(=O)Nc1cccc(Cl)c1. The van der Waals surface area contributed by atoms with Gasteiger partial charge in [0.1, 0.15) is 17.4 Å². The Morgan fingerprint density at radius 3 is 2.47 bits per heavy atom. The molecule has 2 amide bonds. The molecule has 0 aromatic heterocycles. The summed E-state index contributed by atoms with van der Waals surface area (Å²) in [5.41, 5.74) is 1.27. The molecule has 0 aliphatic rings. The van der Waals surface area contributed by atoms with E-state index in [1.54, 1.807) is 72.8 Å². The quantitative estimate of drug-likeness (QED) is 0.353. The van der Waals surface area contributed by atoms with Crippen molar-refractivity contribution in [1.29, 1.82) is 5.26 Å². The summed E-state index contributed by atoms with van der Waals surface area (Å²) in [5.74, 6) is -0.665. The fraction of sp³-hybridized carbons (Fsp3) is 0.0417. The third-order valence-electron chi connectivity index (χ3n) is 4.17. The number of halogens is 2. The predicted molar refractivity (Wildman–Crippen MR) is 126 cm³/mol. The Morgan fingerprint density at radius 2 is 1.72 bits per heavy atom. The zero-order valence-corrected chi connectivity index (χ0v) is 18.2. The lowest BCUT2D eigenvalue weighted by Gasteiger charge is -2.11. The van der Waals surface area contributed by atoms with Gasteiger partial charge in [0.15, 0.2) is 6.61 Å². The number of carbonyl (C=O) groups excluding carboxylic acids is 2. The van der Waals surface area contributed by atoms with Gasteiger partial charge in [0.05, 0.1) is 10.7 Å². The monoisotopic (exact) mass is 465 g/mol. The van der Waals surface area contributed by atoms with Crippen molar-refractivity contribution in [2.24, 2.45) is 0 Å². The van der Waals surface area contributed by atoms with Gasteiger partial charge in [0.2, 0.25) is 0 Å². The smallest absolute Gasteiger partial charge is 0.266 e. The lowest BCUT2D eigenvalue weighted by molar-refractivity contribution is -0.118. The highest BCUT2D eigenvalue weighted by Crippen LogP contribution is 2.23. The Morgan fingerprint density at radius 1 is 0.969 bits per heavy atom. The van der Waals surface area contributed by atoms with Gasteiger partial charge in [-0.3, -0.25) is 9.59 Å². The largest absolute Gasteiger partial charge is 0.483 e. The molecule has 2 N–H and O–H groups in total. The van der Waals surface area contributed by atoms with Crippen molar-refractivity contribution in [3.8, 4) is 11.8 Å². The van der Waals surface area contributed by atoms with E-state index >= 15 is 0 Å². The second-order valence-electron chi connectivity index (χ2n) is 6.49. The summed E-state index contributed by atoms with van der Waals surface area (Å²) in [6.07, 6.45) is 1.39. The molecule has 160 valence electrons. The maximum atomic E-state index is 12.5. The molecule has 6 nitrogen and oxygen atoms in total. The molecule has 0 saturated heterocycles. The fourth-order valence-electron chi connectivity index (χ4n) is 2.69. The van der Waals surface area contributed by atoms with Gasteiger partial charge in [0, 0.05) is 16.3 Å². The first-order valence-corrected chi connectivity index (χ1v) is 10.2. The molecule has 0 aliphatic heterocycles. The number of carbonyl (C=O) groups is 2. The number of hydrogen-bond acceptors (Lipinski definition) is 4. The summed E-state index contributed by atoms with van der Waals surface area (Å²) >= 11 is 12.0. The molecule has 0 radical (unpaired) electrons. The maximum absolute atomic E-state index is 12.5. The van der Waals surface area contributed by atoms with Crippen LogP contribution in [0.3, 0.4) is 0 Å². The Labute approximate surface area is 195 Å². The Balaban J connectivity index is 1.71. The molecule has 0 saturated carbocycles. The second-order valence-corrected chi connectivity index (χ2v) is 7.33. The lowest BCUT2D eigenvalue weighted by Crippen LogP contribution is -2.20. The number of para-hydroxylation sites is 2. The van der Waals surface area contributed by atoms with E-state index in [1.165, 1.54) is 6.08 Å². The van der Waals surface area contributed by atoms with E-state index in [-0.39, 0.29) is 12.2 Å². The van der Waals surface area contributed by atoms with Gasteiger partial charge in [0.25, 0.3) is 11.8 Å². The summed E-state index contributed by atoms with van der Waals surface area (Å²) in [4.78, 5) is 24.7.